The van der Waals surface area contributed by atoms with Gasteiger partial charge in [0.25, 0.3) is 0 Å². The van der Waals surface area contributed by atoms with Crippen LogP contribution in [0.2, 0.25) is 0 Å². The first kappa shape index (κ1) is 8.00. The standard InChI is InChI=1S/C11H7NOS/c13-7-5-9-8-3-4-14-11(8)2-1-10(9)12-6-7/h1-3,5-6H,4H2. The molecule has 0 atom stereocenters. The number of benzene rings is 1. The van der Waals surface area contributed by atoms with Gasteiger partial charge in [0.1, 0.15) is 0 Å². The van der Waals surface area contributed by atoms with Crippen LogP contribution in [0.4, 0.5) is 5.69 Å². The lowest BCUT2D eigenvalue weighted by Gasteiger charge is -2.02. The summed E-state index contributed by atoms with van der Waals surface area (Å²) in [6.07, 6.45) is 5.20. The van der Waals surface area contributed by atoms with Crippen LogP contribution < -0.4 is 10.4 Å². The van der Waals surface area contributed by atoms with Gasteiger partial charge in [0.05, 0.1) is 11.9 Å². The highest BCUT2D eigenvalue weighted by molar-refractivity contribution is 7.99. The Morgan fingerprint density at radius 1 is 1.29 bits per heavy atom. The molecule has 0 fully saturated rings. The molecule has 2 aliphatic rings. The molecule has 1 aromatic rings. The molecule has 3 heteroatoms. The number of hydrogen-bond acceptors (Lipinski definition) is 3. The number of rotatable bonds is 0. The molecular formula is C11H7NOS. The molecule has 68 valence electrons. The third kappa shape index (κ3) is 1.06. The molecule has 0 saturated carbocycles. The summed E-state index contributed by atoms with van der Waals surface area (Å²) in [6, 6.07) is 4.04. The first-order valence-electron chi connectivity index (χ1n) is 4.40. The molecule has 2 nitrogen and oxygen atoms in total. The van der Waals surface area contributed by atoms with Crippen molar-refractivity contribution in [2.24, 2.45) is 4.99 Å². The second-order valence-corrected chi connectivity index (χ2v) is 4.29. The van der Waals surface area contributed by atoms with Crippen molar-refractivity contribution in [3.05, 3.63) is 22.6 Å². The molecule has 0 aromatic heterocycles. The highest BCUT2D eigenvalue weighted by Crippen LogP contribution is 2.19. The van der Waals surface area contributed by atoms with Crippen molar-refractivity contribution in [2.75, 3.05) is 5.75 Å². The molecule has 0 spiro atoms. The SMILES string of the molecule is O=C1C=Nc2ccc3c(c2=C1)=CCS3. The normalized spacial score (nSPS) is 17.0. The third-order valence-corrected chi connectivity index (χ3v) is 3.37. The Morgan fingerprint density at radius 2 is 2.21 bits per heavy atom. The minimum absolute atomic E-state index is 0.0174. The average Bonchev–Trinajstić information content (AvgIpc) is 2.65. The van der Waals surface area contributed by atoms with Crippen molar-refractivity contribution >= 4 is 41.6 Å². The van der Waals surface area contributed by atoms with Crippen LogP contribution in [0, 0.1) is 0 Å². The van der Waals surface area contributed by atoms with Crippen LogP contribution in [-0.2, 0) is 4.79 Å². The van der Waals surface area contributed by atoms with Crippen LogP contribution in [0.25, 0.3) is 12.2 Å². The molecule has 0 bridgehead atoms. The van der Waals surface area contributed by atoms with Gasteiger partial charge in [-0.1, -0.05) is 6.08 Å². The van der Waals surface area contributed by atoms with Crippen LogP contribution in [0.5, 0.6) is 0 Å². The fraction of sp³-hybridized carbons (Fsp3) is 0.0909. The minimum Gasteiger partial charge on any atom is -0.288 e. The summed E-state index contributed by atoms with van der Waals surface area (Å²) < 4.78 is 0. The van der Waals surface area contributed by atoms with Crippen molar-refractivity contribution in [1.82, 2.24) is 0 Å². The van der Waals surface area contributed by atoms with Gasteiger partial charge in [0.2, 0.25) is 0 Å². The van der Waals surface area contributed by atoms with Crippen LogP contribution >= 0.6 is 11.8 Å². The van der Waals surface area contributed by atoms with Crippen molar-refractivity contribution in [2.45, 2.75) is 4.90 Å². The van der Waals surface area contributed by atoms with Gasteiger partial charge in [-0.2, -0.15) is 0 Å². The maximum atomic E-state index is 11.2. The van der Waals surface area contributed by atoms with E-state index < -0.39 is 0 Å². The molecule has 2 heterocycles. The maximum Gasteiger partial charge on any atom is 0.197 e. The van der Waals surface area contributed by atoms with E-state index in [2.05, 4.69) is 17.1 Å². The van der Waals surface area contributed by atoms with Crippen molar-refractivity contribution < 1.29 is 4.79 Å². The quantitative estimate of drug-likeness (QED) is 0.616. The van der Waals surface area contributed by atoms with E-state index in [4.69, 9.17) is 0 Å². The van der Waals surface area contributed by atoms with Gasteiger partial charge in [-0.3, -0.25) is 9.79 Å². The highest BCUT2D eigenvalue weighted by Gasteiger charge is 2.10. The Bertz CT molecular complexity index is 572. The Hall–Kier alpha value is -1.35. The Balaban J connectivity index is 2.49. The van der Waals surface area contributed by atoms with Crippen molar-refractivity contribution in [3.63, 3.8) is 0 Å². The molecule has 0 amide bonds. The second-order valence-electron chi connectivity index (χ2n) is 3.23. The molecule has 3 rings (SSSR count). The summed E-state index contributed by atoms with van der Waals surface area (Å²) in [5.74, 6) is 0.980. The molecule has 2 aliphatic heterocycles. The summed E-state index contributed by atoms with van der Waals surface area (Å²) in [4.78, 5) is 16.6. The van der Waals surface area contributed by atoms with E-state index in [1.165, 1.54) is 16.3 Å². The zero-order valence-corrected chi connectivity index (χ0v) is 8.17. The average molecular weight is 201 g/mol. The number of ketones is 1. The fourth-order valence-corrected chi connectivity index (χ4v) is 2.68. The van der Waals surface area contributed by atoms with Crippen LogP contribution in [0.15, 0.2) is 22.0 Å². The summed E-state index contributed by atoms with van der Waals surface area (Å²) in [7, 11) is 0. The van der Waals surface area contributed by atoms with E-state index in [-0.39, 0.29) is 5.78 Å². The zero-order valence-electron chi connectivity index (χ0n) is 7.36. The third-order valence-electron chi connectivity index (χ3n) is 2.37. The number of hydrogen-bond donors (Lipinski definition) is 0. The van der Waals surface area contributed by atoms with Gasteiger partial charge in [0.15, 0.2) is 5.78 Å². The van der Waals surface area contributed by atoms with Gasteiger partial charge in [0, 0.05) is 15.9 Å². The van der Waals surface area contributed by atoms with Gasteiger partial charge < -0.3 is 0 Å². The van der Waals surface area contributed by atoms with Crippen molar-refractivity contribution in [3.8, 4) is 0 Å². The molecule has 0 unspecified atom stereocenters. The topological polar surface area (TPSA) is 29.4 Å². The van der Waals surface area contributed by atoms with E-state index in [0.717, 1.165) is 16.7 Å². The van der Waals surface area contributed by atoms with Crippen LogP contribution in [0.3, 0.4) is 0 Å². The number of carbonyl (C=O) groups excluding carboxylic acids is 1. The molecular weight excluding hydrogens is 194 g/mol. The first-order valence-corrected chi connectivity index (χ1v) is 5.39. The summed E-state index contributed by atoms with van der Waals surface area (Å²) in [6.45, 7) is 0. The molecule has 0 N–H and O–H groups in total. The summed E-state index contributed by atoms with van der Waals surface area (Å²) >= 11 is 1.80. The van der Waals surface area contributed by atoms with E-state index >= 15 is 0 Å². The molecule has 0 radical (unpaired) electrons. The lowest BCUT2D eigenvalue weighted by molar-refractivity contribution is -0.107. The zero-order chi connectivity index (χ0) is 9.54. The van der Waals surface area contributed by atoms with Crippen LogP contribution in [0.1, 0.15) is 0 Å². The van der Waals surface area contributed by atoms with Crippen molar-refractivity contribution in [1.29, 1.82) is 0 Å². The largest absolute Gasteiger partial charge is 0.288 e. The minimum atomic E-state index is -0.0174. The summed E-state index contributed by atoms with van der Waals surface area (Å²) in [5.41, 5.74) is 0.905. The van der Waals surface area contributed by atoms with Gasteiger partial charge in [-0.25, -0.2) is 0 Å². The highest BCUT2D eigenvalue weighted by atomic mass is 32.2. The number of aliphatic imine (C=N–C) groups is 1. The summed E-state index contributed by atoms with van der Waals surface area (Å²) in [5, 5.41) is 2.16. The predicted molar refractivity (Wildman–Crippen MR) is 58.5 cm³/mol. The van der Waals surface area contributed by atoms with Gasteiger partial charge in [-0.05, 0) is 23.4 Å². The fourth-order valence-electron chi connectivity index (χ4n) is 1.73. The number of thioether (sulfide) groups is 1. The Labute approximate surface area is 85.0 Å². The lowest BCUT2D eigenvalue weighted by atomic mass is 10.1. The lowest BCUT2D eigenvalue weighted by Crippen LogP contribution is -2.28. The van der Waals surface area contributed by atoms with E-state index in [1.54, 1.807) is 17.8 Å². The van der Waals surface area contributed by atoms with Gasteiger partial charge >= 0.3 is 0 Å². The Kier molecular flexibility index (Phi) is 1.61. The smallest absolute Gasteiger partial charge is 0.197 e. The first-order chi connectivity index (χ1) is 6.84. The second kappa shape index (κ2) is 2.82. The number of nitrogens with zero attached hydrogens (tertiary/aromatic N) is 1. The predicted octanol–water partition coefficient (Wildman–Crippen LogP) is 0.638. The number of carbonyl (C=O) groups is 1. The maximum absolute atomic E-state index is 11.2. The van der Waals surface area contributed by atoms with E-state index in [1.807, 2.05) is 6.07 Å². The monoisotopic (exact) mass is 201 g/mol. The molecule has 14 heavy (non-hydrogen) atoms. The number of Topliss-reactive ketones (excluding diaryl/α,β-unsaturated/α-hetero) is 1. The van der Waals surface area contributed by atoms with E-state index in [9.17, 15) is 4.79 Å². The molecule has 0 aliphatic carbocycles. The molecule has 1 aromatic carbocycles. The van der Waals surface area contributed by atoms with Gasteiger partial charge in [-0.15, -0.1) is 11.8 Å². The number of fused-ring (bicyclic) bond motifs is 3. The molecule has 0 saturated heterocycles. The van der Waals surface area contributed by atoms with E-state index in [0.29, 0.717) is 0 Å². The Morgan fingerprint density at radius 3 is 3.14 bits per heavy atom. The van der Waals surface area contributed by atoms with Crippen LogP contribution in [-0.4, -0.2) is 17.8 Å².